The molecule has 0 atom stereocenters. The standard InChI is InChI=1S/C12H10O4S/c1-2-16-12(15)11-6-9(14)8-5-7(13)3-4-10(8)17-11/h3-6,13H,2H2,1H3. The number of hydrogen-bond acceptors (Lipinski definition) is 5. The van der Waals surface area contributed by atoms with Crippen molar-refractivity contribution in [3.8, 4) is 5.75 Å². The molecule has 2 rings (SSSR count). The van der Waals surface area contributed by atoms with Gasteiger partial charge in [0, 0.05) is 16.2 Å². The van der Waals surface area contributed by atoms with Crippen LogP contribution in [0.2, 0.25) is 0 Å². The Bertz CT molecular complexity index is 630. The zero-order valence-corrected chi connectivity index (χ0v) is 9.91. The number of hydrogen-bond donors (Lipinski definition) is 1. The van der Waals surface area contributed by atoms with E-state index >= 15 is 0 Å². The molecule has 4 nitrogen and oxygen atoms in total. The van der Waals surface area contributed by atoms with E-state index in [-0.39, 0.29) is 22.7 Å². The van der Waals surface area contributed by atoms with Crippen molar-refractivity contribution in [1.29, 1.82) is 0 Å². The van der Waals surface area contributed by atoms with E-state index in [0.717, 1.165) is 0 Å². The van der Waals surface area contributed by atoms with Crippen LogP contribution in [0.1, 0.15) is 16.6 Å². The summed E-state index contributed by atoms with van der Waals surface area (Å²) in [6, 6.07) is 5.72. The molecule has 1 N–H and O–H groups in total. The van der Waals surface area contributed by atoms with E-state index in [1.165, 1.54) is 29.5 Å². The average molecular weight is 250 g/mol. The van der Waals surface area contributed by atoms with E-state index in [0.29, 0.717) is 10.1 Å². The van der Waals surface area contributed by atoms with Gasteiger partial charge in [-0.15, -0.1) is 11.3 Å². The summed E-state index contributed by atoms with van der Waals surface area (Å²) >= 11 is 1.17. The van der Waals surface area contributed by atoms with Crippen LogP contribution in [0.15, 0.2) is 29.1 Å². The topological polar surface area (TPSA) is 63.6 Å². The van der Waals surface area contributed by atoms with Gasteiger partial charge < -0.3 is 9.84 Å². The lowest BCUT2D eigenvalue weighted by atomic mass is 10.2. The van der Waals surface area contributed by atoms with Gasteiger partial charge in [0.05, 0.1) is 6.61 Å². The summed E-state index contributed by atoms with van der Waals surface area (Å²) in [5.74, 6) is -0.463. The molecule has 1 aromatic carbocycles. The molecule has 0 aliphatic carbocycles. The highest BCUT2D eigenvalue weighted by Crippen LogP contribution is 2.23. The number of ether oxygens (including phenoxy) is 1. The largest absolute Gasteiger partial charge is 0.508 e. The van der Waals surface area contributed by atoms with Gasteiger partial charge in [-0.2, -0.15) is 0 Å². The van der Waals surface area contributed by atoms with E-state index in [4.69, 9.17) is 4.74 Å². The second kappa shape index (κ2) is 4.55. The first-order valence-corrected chi connectivity index (χ1v) is 5.87. The van der Waals surface area contributed by atoms with Gasteiger partial charge in [-0.1, -0.05) is 0 Å². The third kappa shape index (κ3) is 2.29. The molecule has 5 heteroatoms. The van der Waals surface area contributed by atoms with E-state index in [2.05, 4.69) is 0 Å². The number of fused-ring (bicyclic) bond motifs is 1. The van der Waals surface area contributed by atoms with E-state index in [9.17, 15) is 14.7 Å². The summed E-state index contributed by atoms with van der Waals surface area (Å²) in [6.45, 7) is 1.98. The Morgan fingerprint density at radius 3 is 2.88 bits per heavy atom. The molecular weight excluding hydrogens is 240 g/mol. The monoisotopic (exact) mass is 250 g/mol. The molecule has 2 aromatic rings. The van der Waals surface area contributed by atoms with Crippen molar-refractivity contribution in [3.05, 3.63) is 39.4 Å². The van der Waals surface area contributed by atoms with Gasteiger partial charge in [-0.05, 0) is 25.1 Å². The lowest BCUT2D eigenvalue weighted by molar-refractivity contribution is 0.0532. The van der Waals surface area contributed by atoms with Crippen molar-refractivity contribution >= 4 is 27.4 Å². The highest BCUT2D eigenvalue weighted by Gasteiger charge is 2.11. The first-order valence-electron chi connectivity index (χ1n) is 5.06. The van der Waals surface area contributed by atoms with E-state index in [1.807, 2.05) is 0 Å². The van der Waals surface area contributed by atoms with Crippen molar-refractivity contribution in [2.45, 2.75) is 6.92 Å². The lowest BCUT2D eigenvalue weighted by Gasteiger charge is -2.02. The predicted octanol–water partition coefficient (Wildman–Crippen LogP) is 2.14. The molecule has 0 aliphatic rings. The highest BCUT2D eigenvalue weighted by atomic mass is 32.1. The van der Waals surface area contributed by atoms with Gasteiger partial charge in [0.1, 0.15) is 10.6 Å². The third-order valence-corrected chi connectivity index (χ3v) is 3.27. The van der Waals surface area contributed by atoms with Crippen LogP contribution in [0, 0.1) is 0 Å². The van der Waals surface area contributed by atoms with Crippen LogP contribution in [0.4, 0.5) is 0 Å². The SMILES string of the molecule is CCOC(=O)c1cc(=O)c2cc(O)ccc2s1. The fourth-order valence-corrected chi connectivity index (χ4v) is 2.40. The summed E-state index contributed by atoms with van der Waals surface area (Å²) in [7, 11) is 0. The first-order chi connectivity index (χ1) is 8.11. The number of phenols is 1. The van der Waals surface area contributed by atoms with Crippen LogP contribution in [-0.4, -0.2) is 17.7 Å². The minimum absolute atomic E-state index is 0.0330. The molecule has 0 amide bonds. The second-order valence-corrected chi connectivity index (χ2v) is 4.46. The molecule has 0 fully saturated rings. The van der Waals surface area contributed by atoms with Crippen LogP contribution in [0.25, 0.3) is 10.1 Å². The van der Waals surface area contributed by atoms with Crippen LogP contribution in [-0.2, 0) is 4.74 Å². The third-order valence-electron chi connectivity index (χ3n) is 2.19. The maximum atomic E-state index is 11.7. The van der Waals surface area contributed by atoms with E-state index < -0.39 is 5.97 Å². The number of benzene rings is 1. The number of carbonyl (C=O) groups is 1. The molecule has 17 heavy (non-hydrogen) atoms. The quantitative estimate of drug-likeness (QED) is 0.829. The van der Waals surface area contributed by atoms with Crippen LogP contribution < -0.4 is 5.43 Å². The summed E-state index contributed by atoms with van der Waals surface area (Å²) < 4.78 is 5.49. The zero-order chi connectivity index (χ0) is 12.4. The summed E-state index contributed by atoms with van der Waals surface area (Å²) in [5.41, 5.74) is -0.294. The van der Waals surface area contributed by atoms with Gasteiger partial charge in [-0.25, -0.2) is 4.79 Å². The molecule has 0 unspecified atom stereocenters. The van der Waals surface area contributed by atoms with Crippen molar-refractivity contribution in [2.75, 3.05) is 6.61 Å². The Morgan fingerprint density at radius 2 is 2.18 bits per heavy atom. The second-order valence-electron chi connectivity index (χ2n) is 3.38. The van der Waals surface area contributed by atoms with Gasteiger partial charge in [-0.3, -0.25) is 4.79 Å². The fourth-order valence-electron chi connectivity index (χ4n) is 1.45. The number of rotatable bonds is 2. The van der Waals surface area contributed by atoms with Crippen molar-refractivity contribution in [3.63, 3.8) is 0 Å². The fraction of sp³-hybridized carbons (Fsp3) is 0.167. The first kappa shape index (κ1) is 11.6. The number of carbonyl (C=O) groups excluding carboxylic acids is 1. The molecule has 0 saturated heterocycles. The summed E-state index contributed by atoms with van der Waals surface area (Å²) in [6.07, 6.45) is 0. The van der Waals surface area contributed by atoms with E-state index in [1.54, 1.807) is 13.0 Å². The van der Waals surface area contributed by atoms with Crippen LogP contribution in [0.3, 0.4) is 0 Å². The number of phenolic OH excluding ortho intramolecular Hbond substituents is 1. The zero-order valence-electron chi connectivity index (χ0n) is 9.10. The smallest absolute Gasteiger partial charge is 0.348 e. The summed E-state index contributed by atoms with van der Waals surface area (Å²) in [4.78, 5) is 23.5. The molecule has 0 saturated carbocycles. The Labute approximate surface area is 101 Å². The van der Waals surface area contributed by atoms with Crippen molar-refractivity contribution in [1.82, 2.24) is 0 Å². The molecule has 0 aliphatic heterocycles. The highest BCUT2D eigenvalue weighted by molar-refractivity contribution is 7.20. The molecule has 1 heterocycles. The Hall–Kier alpha value is -1.88. The molecule has 0 bridgehead atoms. The van der Waals surface area contributed by atoms with Gasteiger partial charge in [0.15, 0.2) is 5.43 Å². The lowest BCUT2D eigenvalue weighted by Crippen LogP contribution is -2.08. The Morgan fingerprint density at radius 1 is 1.41 bits per heavy atom. The molecule has 1 aromatic heterocycles. The van der Waals surface area contributed by atoms with Gasteiger partial charge >= 0.3 is 5.97 Å². The average Bonchev–Trinajstić information content (AvgIpc) is 2.30. The van der Waals surface area contributed by atoms with Gasteiger partial charge in [0.2, 0.25) is 0 Å². The van der Waals surface area contributed by atoms with Crippen molar-refractivity contribution in [2.24, 2.45) is 0 Å². The van der Waals surface area contributed by atoms with Crippen molar-refractivity contribution < 1.29 is 14.6 Å². The molecular formula is C12H10O4S. The Balaban J connectivity index is 2.60. The minimum Gasteiger partial charge on any atom is -0.508 e. The maximum Gasteiger partial charge on any atom is 0.348 e. The molecule has 88 valence electrons. The number of esters is 1. The predicted molar refractivity (Wildman–Crippen MR) is 65.7 cm³/mol. The van der Waals surface area contributed by atoms with Crippen LogP contribution >= 0.6 is 11.3 Å². The normalized spacial score (nSPS) is 10.4. The number of aromatic hydroxyl groups is 1. The van der Waals surface area contributed by atoms with Gasteiger partial charge in [0.25, 0.3) is 0 Å². The minimum atomic E-state index is -0.496. The molecule has 0 spiro atoms. The summed E-state index contributed by atoms with van der Waals surface area (Å²) in [5, 5.41) is 9.70. The van der Waals surface area contributed by atoms with Crippen LogP contribution in [0.5, 0.6) is 5.75 Å². The Kier molecular flexibility index (Phi) is 3.10. The maximum absolute atomic E-state index is 11.7. The molecule has 0 radical (unpaired) electrons.